The molecule has 1 aromatic heterocycles. The van der Waals surface area contributed by atoms with Crippen molar-refractivity contribution in [3.63, 3.8) is 0 Å². The zero-order valence-electron chi connectivity index (χ0n) is 15.8. The fourth-order valence-electron chi connectivity index (χ4n) is 3.28. The highest BCUT2D eigenvalue weighted by atomic mass is 35.5. The number of urea groups is 1. The molecule has 4 rings (SSSR count). The number of hydrogen-bond donors (Lipinski definition) is 3. The molecule has 0 spiro atoms. The molecule has 3 N–H and O–H groups in total. The fraction of sp³-hybridized carbons (Fsp3) is 0.200. The number of aromatic nitrogens is 3. The third-order valence-corrected chi connectivity index (χ3v) is 5.01. The number of β-amino-alcohol motifs (C(OH)–C–C–N with tert-alkyl or cyclic N) is 1. The predicted molar refractivity (Wildman–Crippen MR) is 112 cm³/mol. The highest BCUT2D eigenvalue weighted by Gasteiger charge is 2.39. The zero-order valence-corrected chi connectivity index (χ0v) is 16.5. The average Bonchev–Trinajstić information content (AvgIpc) is 3.40. The second-order valence-corrected chi connectivity index (χ2v) is 7.31. The SMILES string of the molecule is O=C(Nc1ccc(-n2cncn2)cc1)C1CC(O)CN1C(=O)Nc1ccc(Cl)cc1. The molecule has 2 heterocycles. The Labute approximate surface area is 177 Å². The quantitative estimate of drug-likeness (QED) is 0.593. The summed E-state index contributed by atoms with van der Waals surface area (Å²) in [6.45, 7) is 0.0722. The van der Waals surface area contributed by atoms with E-state index in [0.29, 0.717) is 16.4 Å². The second kappa shape index (κ2) is 8.52. The van der Waals surface area contributed by atoms with Crippen LogP contribution in [0.2, 0.25) is 5.02 Å². The molecule has 1 aliphatic rings. The van der Waals surface area contributed by atoms with Crippen LogP contribution in [0.1, 0.15) is 6.42 Å². The average molecular weight is 427 g/mol. The number of rotatable bonds is 4. The minimum absolute atomic E-state index is 0.0722. The van der Waals surface area contributed by atoms with Crippen molar-refractivity contribution in [3.05, 3.63) is 66.2 Å². The van der Waals surface area contributed by atoms with Crippen molar-refractivity contribution in [3.8, 4) is 5.69 Å². The molecule has 1 aliphatic heterocycles. The van der Waals surface area contributed by atoms with E-state index in [2.05, 4.69) is 20.7 Å². The van der Waals surface area contributed by atoms with Crippen LogP contribution in [0, 0.1) is 0 Å². The third kappa shape index (κ3) is 4.42. The van der Waals surface area contributed by atoms with E-state index in [1.165, 1.54) is 11.2 Å². The van der Waals surface area contributed by atoms with Gasteiger partial charge in [0.15, 0.2) is 0 Å². The Balaban J connectivity index is 1.42. The molecule has 3 aromatic rings. The molecule has 10 heteroatoms. The maximum Gasteiger partial charge on any atom is 0.322 e. The minimum Gasteiger partial charge on any atom is -0.391 e. The van der Waals surface area contributed by atoms with Gasteiger partial charge < -0.3 is 20.6 Å². The number of benzene rings is 2. The monoisotopic (exact) mass is 426 g/mol. The van der Waals surface area contributed by atoms with Crippen molar-refractivity contribution < 1.29 is 14.7 Å². The summed E-state index contributed by atoms with van der Waals surface area (Å²) in [6, 6.07) is 12.4. The number of aliphatic hydroxyl groups is 1. The molecule has 154 valence electrons. The van der Waals surface area contributed by atoms with Gasteiger partial charge in [0, 0.05) is 29.4 Å². The largest absolute Gasteiger partial charge is 0.391 e. The van der Waals surface area contributed by atoms with Crippen LogP contribution in [-0.2, 0) is 4.79 Å². The summed E-state index contributed by atoms with van der Waals surface area (Å²) in [5, 5.41) is 20.2. The van der Waals surface area contributed by atoms with E-state index in [1.54, 1.807) is 59.5 Å². The van der Waals surface area contributed by atoms with Crippen LogP contribution in [0.15, 0.2) is 61.2 Å². The molecule has 30 heavy (non-hydrogen) atoms. The Bertz CT molecular complexity index is 1020. The first kappa shape index (κ1) is 19.9. The normalized spacial score (nSPS) is 18.3. The van der Waals surface area contributed by atoms with Crippen molar-refractivity contribution >= 4 is 34.9 Å². The molecule has 2 aromatic carbocycles. The Morgan fingerprint density at radius 2 is 1.70 bits per heavy atom. The third-order valence-electron chi connectivity index (χ3n) is 4.76. The number of halogens is 1. The number of likely N-dealkylation sites (tertiary alicyclic amines) is 1. The summed E-state index contributed by atoms with van der Waals surface area (Å²) < 4.78 is 1.60. The first-order valence-corrected chi connectivity index (χ1v) is 9.64. The molecule has 0 bridgehead atoms. The Morgan fingerprint density at radius 3 is 2.37 bits per heavy atom. The van der Waals surface area contributed by atoms with Gasteiger partial charge in [-0.15, -0.1) is 0 Å². The highest BCUT2D eigenvalue weighted by molar-refractivity contribution is 6.30. The molecule has 0 saturated carbocycles. The van der Waals surface area contributed by atoms with Crippen molar-refractivity contribution in [2.24, 2.45) is 0 Å². The number of nitrogens with zero attached hydrogens (tertiary/aromatic N) is 4. The fourth-order valence-corrected chi connectivity index (χ4v) is 3.41. The number of aliphatic hydroxyl groups excluding tert-OH is 1. The molecular formula is C20H19ClN6O3. The van der Waals surface area contributed by atoms with Gasteiger partial charge in [0.05, 0.1) is 11.8 Å². The van der Waals surface area contributed by atoms with E-state index in [0.717, 1.165) is 5.69 Å². The van der Waals surface area contributed by atoms with Gasteiger partial charge >= 0.3 is 6.03 Å². The topological polar surface area (TPSA) is 112 Å². The van der Waals surface area contributed by atoms with Gasteiger partial charge in [0.2, 0.25) is 5.91 Å². The van der Waals surface area contributed by atoms with Crippen LogP contribution < -0.4 is 10.6 Å². The highest BCUT2D eigenvalue weighted by Crippen LogP contribution is 2.22. The molecule has 9 nitrogen and oxygen atoms in total. The van der Waals surface area contributed by atoms with Crippen LogP contribution in [-0.4, -0.2) is 55.4 Å². The Hall–Kier alpha value is -3.43. The van der Waals surface area contributed by atoms with E-state index in [-0.39, 0.29) is 18.9 Å². The number of anilines is 2. The Morgan fingerprint density at radius 1 is 1.03 bits per heavy atom. The lowest BCUT2D eigenvalue weighted by Gasteiger charge is -2.24. The lowest BCUT2D eigenvalue weighted by Crippen LogP contribution is -2.45. The molecule has 2 unspecified atom stereocenters. The number of amides is 3. The van der Waals surface area contributed by atoms with E-state index in [1.807, 2.05) is 0 Å². The lowest BCUT2D eigenvalue weighted by molar-refractivity contribution is -0.119. The number of carbonyl (C=O) groups is 2. The summed E-state index contributed by atoms with van der Waals surface area (Å²) in [5.74, 6) is -0.369. The summed E-state index contributed by atoms with van der Waals surface area (Å²) in [5.41, 5.74) is 1.92. The summed E-state index contributed by atoms with van der Waals surface area (Å²) in [6.07, 6.45) is 2.40. The maximum atomic E-state index is 12.8. The molecule has 1 fully saturated rings. The van der Waals surface area contributed by atoms with Crippen LogP contribution in [0.25, 0.3) is 5.69 Å². The number of hydrogen-bond acceptors (Lipinski definition) is 5. The van der Waals surface area contributed by atoms with Crippen LogP contribution in [0.4, 0.5) is 16.2 Å². The standard InChI is InChI=1S/C20H19ClN6O3/c21-13-1-3-15(4-2-13)25-20(30)26-10-17(28)9-18(26)19(29)24-14-5-7-16(8-6-14)27-12-22-11-23-27/h1-8,11-12,17-18,28H,9-10H2,(H,24,29)(H,25,30). The Kier molecular flexibility index (Phi) is 5.64. The van der Waals surface area contributed by atoms with E-state index in [4.69, 9.17) is 11.6 Å². The summed E-state index contributed by atoms with van der Waals surface area (Å²) in [7, 11) is 0. The molecule has 0 radical (unpaired) electrons. The van der Waals surface area contributed by atoms with E-state index in [9.17, 15) is 14.7 Å². The van der Waals surface area contributed by atoms with Gasteiger partial charge in [-0.05, 0) is 48.5 Å². The molecule has 2 atom stereocenters. The molecule has 1 saturated heterocycles. The summed E-state index contributed by atoms with van der Waals surface area (Å²) >= 11 is 5.86. The molecule has 3 amide bonds. The van der Waals surface area contributed by atoms with Gasteiger partial charge in [0.1, 0.15) is 18.7 Å². The van der Waals surface area contributed by atoms with Crippen molar-refractivity contribution in [2.75, 3.05) is 17.2 Å². The first-order chi connectivity index (χ1) is 14.5. The maximum absolute atomic E-state index is 12.8. The molecular weight excluding hydrogens is 408 g/mol. The first-order valence-electron chi connectivity index (χ1n) is 9.27. The van der Waals surface area contributed by atoms with Crippen molar-refractivity contribution in [1.82, 2.24) is 19.7 Å². The number of nitrogens with one attached hydrogen (secondary N) is 2. The van der Waals surface area contributed by atoms with Crippen molar-refractivity contribution in [2.45, 2.75) is 18.6 Å². The molecule has 0 aliphatic carbocycles. The summed E-state index contributed by atoms with van der Waals surface area (Å²) in [4.78, 5) is 30.7. The number of carbonyl (C=O) groups excluding carboxylic acids is 2. The van der Waals surface area contributed by atoms with Crippen LogP contribution >= 0.6 is 11.6 Å². The van der Waals surface area contributed by atoms with Gasteiger partial charge in [-0.2, -0.15) is 5.10 Å². The predicted octanol–water partition coefficient (Wildman–Crippen LogP) is 2.53. The van der Waals surface area contributed by atoms with Crippen LogP contribution in [0.3, 0.4) is 0 Å². The van der Waals surface area contributed by atoms with Crippen LogP contribution in [0.5, 0.6) is 0 Å². The smallest absolute Gasteiger partial charge is 0.322 e. The van der Waals surface area contributed by atoms with E-state index >= 15 is 0 Å². The van der Waals surface area contributed by atoms with E-state index < -0.39 is 18.2 Å². The lowest BCUT2D eigenvalue weighted by atomic mass is 10.2. The van der Waals surface area contributed by atoms with Gasteiger partial charge in [-0.3, -0.25) is 4.79 Å². The van der Waals surface area contributed by atoms with Gasteiger partial charge in [0.25, 0.3) is 0 Å². The second-order valence-electron chi connectivity index (χ2n) is 6.87. The zero-order chi connectivity index (χ0) is 21.1. The minimum atomic E-state index is -0.790. The van der Waals surface area contributed by atoms with Crippen molar-refractivity contribution in [1.29, 1.82) is 0 Å². The van der Waals surface area contributed by atoms with Gasteiger partial charge in [-0.1, -0.05) is 11.6 Å². The van der Waals surface area contributed by atoms with Gasteiger partial charge in [-0.25, -0.2) is 14.5 Å².